The van der Waals surface area contributed by atoms with Gasteiger partial charge in [0.05, 0.1) is 44.3 Å². The van der Waals surface area contributed by atoms with Gasteiger partial charge in [-0.1, -0.05) is 146 Å². The molecule has 0 saturated carbocycles. The lowest BCUT2D eigenvalue weighted by Gasteiger charge is -2.14. The minimum atomic E-state index is 1.16. The lowest BCUT2D eigenvalue weighted by atomic mass is 9.99. The summed E-state index contributed by atoms with van der Waals surface area (Å²) in [5.74, 6) is 0. The molecule has 0 spiro atoms. The number of para-hydroxylation sites is 6. The Bertz CT molecular complexity index is 3820. The highest BCUT2D eigenvalue weighted by Gasteiger charge is 2.20. The summed E-state index contributed by atoms with van der Waals surface area (Å²) in [6, 6.07) is 74.0. The molecule has 0 fully saturated rings. The van der Waals surface area contributed by atoms with E-state index in [-0.39, 0.29) is 0 Å². The Kier molecular flexibility index (Phi) is 6.16. The topological polar surface area (TPSA) is 14.3 Å². The number of rotatable bonds is 2. The standard InChI is InChI=1S/C54H33N3/c1-2-16-36-35(15-1)41-22-14-30-52(53(41)44-21-7-12-29-50(44)57-49-28-11-5-19-39(49)43-24-13-23-42(36)54(43)57)56-48-27-10-6-20-40(48)45-33-34(31-32-51(45)56)55-46-25-8-3-17-37(46)38-18-4-9-26-47(38)55/h1-33H. The van der Waals surface area contributed by atoms with E-state index in [0.29, 0.717) is 0 Å². The molecule has 0 amide bonds. The first kappa shape index (κ1) is 30.7. The maximum Gasteiger partial charge on any atom is 0.0619 e. The molecule has 3 heteroatoms. The third-order valence-electron chi connectivity index (χ3n) is 12.4. The Morgan fingerprint density at radius 2 is 0.649 bits per heavy atom. The van der Waals surface area contributed by atoms with Crippen LogP contribution >= 0.6 is 0 Å². The zero-order valence-electron chi connectivity index (χ0n) is 30.9. The van der Waals surface area contributed by atoms with Crippen molar-refractivity contribution in [3.63, 3.8) is 0 Å². The predicted octanol–water partition coefficient (Wildman–Crippen LogP) is 14.5. The van der Waals surface area contributed by atoms with Gasteiger partial charge >= 0.3 is 0 Å². The normalized spacial score (nSPS) is 12.2. The first-order valence-electron chi connectivity index (χ1n) is 19.7. The SMILES string of the molecule is c1ccc2c(c1)c1cccc(-n3c4ccccc4c4cc(-n5c6ccccc6c6ccccc65)ccc43)c1c1ccccc1n1c3ccccc3c3cccc2c31. The maximum atomic E-state index is 2.52. The van der Waals surface area contributed by atoms with Gasteiger partial charge < -0.3 is 13.5 Å². The third-order valence-corrected chi connectivity index (χ3v) is 12.4. The molecule has 4 aromatic heterocycles. The summed E-state index contributed by atoms with van der Waals surface area (Å²) >= 11 is 0. The number of nitrogens with zero attached hydrogens (tertiary/aromatic N) is 3. The van der Waals surface area contributed by atoms with Crippen molar-refractivity contribution in [2.75, 3.05) is 0 Å². The Morgan fingerprint density at radius 1 is 0.246 bits per heavy atom. The quantitative estimate of drug-likeness (QED) is 0.169. The average molecular weight is 724 g/mol. The molecule has 0 unspecified atom stereocenters. The van der Waals surface area contributed by atoms with Crippen LogP contribution in [0.3, 0.4) is 0 Å². The summed E-state index contributed by atoms with van der Waals surface area (Å²) in [6.07, 6.45) is 0. The van der Waals surface area contributed by atoms with E-state index < -0.39 is 0 Å². The number of hydrogen-bond donors (Lipinski definition) is 0. The highest BCUT2D eigenvalue weighted by Crippen LogP contribution is 2.42. The first-order valence-corrected chi connectivity index (χ1v) is 19.7. The summed E-state index contributed by atoms with van der Waals surface area (Å²) < 4.78 is 7.44. The largest absolute Gasteiger partial charge is 0.309 e. The summed E-state index contributed by atoms with van der Waals surface area (Å²) in [4.78, 5) is 0. The second-order valence-electron chi connectivity index (χ2n) is 15.2. The molecule has 264 valence electrons. The number of fused-ring (bicyclic) bond motifs is 16. The minimum Gasteiger partial charge on any atom is -0.309 e. The van der Waals surface area contributed by atoms with Gasteiger partial charge in [0.25, 0.3) is 0 Å². The van der Waals surface area contributed by atoms with Crippen LogP contribution < -0.4 is 0 Å². The van der Waals surface area contributed by atoms with Crippen LogP contribution in [-0.4, -0.2) is 13.5 Å². The van der Waals surface area contributed by atoms with Gasteiger partial charge in [0.15, 0.2) is 0 Å². The fraction of sp³-hybridized carbons (Fsp3) is 0. The minimum absolute atomic E-state index is 1.16. The van der Waals surface area contributed by atoms with E-state index in [1.807, 2.05) is 0 Å². The van der Waals surface area contributed by atoms with E-state index in [2.05, 4.69) is 214 Å². The van der Waals surface area contributed by atoms with Gasteiger partial charge in [-0.05, 0) is 70.8 Å². The fourth-order valence-corrected chi connectivity index (χ4v) is 10.1. The Hall–Kier alpha value is -7.62. The molecular formula is C54H33N3. The van der Waals surface area contributed by atoms with Crippen molar-refractivity contribution in [1.82, 2.24) is 13.5 Å². The van der Waals surface area contributed by atoms with E-state index in [9.17, 15) is 0 Å². The Labute approximate surface area is 327 Å². The van der Waals surface area contributed by atoms with Crippen LogP contribution in [0.1, 0.15) is 0 Å². The second-order valence-corrected chi connectivity index (χ2v) is 15.2. The van der Waals surface area contributed by atoms with Crippen LogP contribution in [0.25, 0.3) is 115 Å². The smallest absolute Gasteiger partial charge is 0.0619 e. The number of benzene rings is 9. The van der Waals surface area contributed by atoms with Gasteiger partial charge in [-0.2, -0.15) is 0 Å². The van der Waals surface area contributed by atoms with Crippen molar-refractivity contribution in [2.24, 2.45) is 0 Å². The van der Waals surface area contributed by atoms with Crippen molar-refractivity contribution in [1.29, 1.82) is 0 Å². The van der Waals surface area contributed by atoms with Crippen molar-refractivity contribution < 1.29 is 0 Å². The second kappa shape index (κ2) is 11.5. The molecule has 3 nitrogen and oxygen atoms in total. The summed E-state index contributed by atoms with van der Waals surface area (Å²) in [7, 11) is 0. The van der Waals surface area contributed by atoms with Gasteiger partial charge in [-0.15, -0.1) is 0 Å². The lowest BCUT2D eigenvalue weighted by molar-refractivity contribution is 1.17. The predicted molar refractivity (Wildman–Crippen MR) is 242 cm³/mol. The summed E-state index contributed by atoms with van der Waals surface area (Å²) in [5, 5.41) is 14.8. The van der Waals surface area contributed by atoms with Gasteiger partial charge in [0.1, 0.15) is 0 Å². The molecule has 0 radical (unpaired) electrons. The monoisotopic (exact) mass is 723 g/mol. The fourth-order valence-electron chi connectivity index (χ4n) is 10.1. The highest BCUT2D eigenvalue weighted by atomic mass is 15.0. The molecule has 13 aromatic rings. The average Bonchev–Trinajstić information content (AvgIpc) is 3.92. The van der Waals surface area contributed by atoms with Crippen molar-refractivity contribution in [3.8, 4) is 11.4 Å². The van der Waals surface area contributed by atoms with E-state index in [0.717, 1.165) is 11.4 Å². The van der Waals surface area contributed by atoms with E-state index in [1.54, 1.807) is 0 Å². The zero-order valence-corrected chi connectivity index (χ0v) is 30.9. The molecule has 0 saturated heterocycles. The molecule has 0 N–H and O–H groups in total. The van der Waals surface area contributed by atoms with Crippen LogP contribution in [0.5, 0.6) is 0 Å². The Balaban J connectivity index is 1.23. The molecule has 13 rings (SSSR count). The maximum absolute atomic E-state index is 2.52. The van der Waals surface area contributed by atoms with Gasteiger partial charge in [-0.25, -0.2) is 0 Å². The molecule has 0 atom stereocenters. The Morgan fingerprint density at radius 3 is 1.30 bits per heavy atom. The van der Waals surface area contributed by atoms with Gasteiger partial charge in [0, 0.05) is 54.2 Å². The van der Waals surface area contributed by atoms with Crippen LogP contribution in [0.2, 0.25) is 0 Å². The lowest BCUT2D eigenvalue weighted by Crippen LogP contribution is -1.97. The highest BCUT2D eigenvalue weighted by molar-refractivity contribution is 6.26. The van der Waals surface area contributed by atoms with Crippen molar-refractivity contribution >= 4 is 103 Å². The molecular weight excluding hydrogens is 691 g/mol. The molecule has 9 aromatic carbocycles. The molecule has 0 aliphatic carbocycles. The molecule has 0 aliphatic rings. The van der Waals surface area contributed by atoms with Crippen LogP contribution in [0.4, 0.5) is 0 Å². The summed E-state index contributed by atoms with van der Waals surface area (Å²) in [5.41, 5.74) is 10.7. The van der Waals surface area contributed by atoms with Crippen LogP contribution in [0, 0.1) is 0 Å². The first-order chi connectivity index (χ1) is 28.3. The number of hydrogen-bond acceptors (Lipinski definition) is 0. The molecule has 4 heterocycles. The molecule has 57 heavy (non-hydrogen) atoms. The van der Waals surface area contributed by atoms with E-state index >= 15 is 0 Å². The van der Waals surface area contributed by atoms with E-state index in [1.165, 1.54) is 103 Å². The molecule has 0 aliphatic heterocycles. The van der Waals surface area contributed by atoms with Crippen LogP contribution in [0.15, 0.2) is 200 Å². The van der Waals surface area contributed by atoms with Crippen molar-refractivity contribution in [3.05, 3.63) is 200 Å². The zero-order chi connectivity index (χ0) is 37.2. The number of aromatic nitrogens is 3. The molecule has 0 bridgehead atoms. The van der Waals surface area contributed by atoms with Crippen molar-refractivity contribution in [2.45, 2.75) is 0 Å². The van der Waals surface area contributed by atoms with E-state index in [4.69, 9.17) is 0 Å². The van der Waals surface area contributed by atoms with Gasteiger partial charge in [-0.3, -0.25) is 0 Å². The van der Waals surface area contributed by atoms with Gasteiger partial charge in [0.2, 0.25) is 0 Å². The third kappa shape index (κ3) is 4.10. The summed E-state index contributed by atoms with van der Waals surface area (Å²) in [6.45, 7) is 0. The van der Waals surface area contributed by atoms with Crippen LogP contribution in [-0.2, 0) is 0 Å².